The minimum Gasteiger partial charge on any atom is -0.382 e. The van der Waals surface area contributed by atoms with E-state index in [0.29, 0.717) is 46.1 Å². The van der Waals surface area contributed by atoms with Gasteiger partial charge < -0.3 is 30.2 Å². The number of methoxy groups -OCH3 is 1. The maximum atomic E-state index is 12.1. The van der Waals surface area contributed by atoms with E-state index in [-0.39, 0.29) is 42.4 Å². The van der Waals surface area contributed by atoms with Crippen LogP contribution in [0.15, 0.2) is 17.5 Å². The molecule has 1 heterocycles. The van der Waals surface area contributed by atoms with Crippen molar-refractivity contribution in [1.82, 2.24) is 16.0 Å². The largest absolute Gasteiger partial charge is 0.382 e. The average Bonchev–Trinajstić information content (AvgIpc) is 3.30. The molecular weight excluding hydrogens is 466 g/mol. The summed E-state index contributed by atoms with van der Waals surface area (Å²) in [5, 5.41) is 9.91. The summed E-state index contributed by atoms with van der Waals surface area (Å²) in [6.07, 6.45) is 0.411. The second-order valence-electron chi connectivity index (χ2n) is 8.17. The maximum Gasteiger partial charge on any atom is 0.221 e. The van der Waals surface area contributed by atoms with Crippen LogP contribution < -0.4 is 16.0 Å². The average molecular weight is 504 g/mol. The molecule has 0 fully saturated rings. The first kappa shape index (κ1) is 29.4. The molecular formula is C22H37N3O6S2. The number of thiophene rings is 1. The van der Waals surface area contributed by atoms with Gasteiger partial charge in [0.1, 0.15) is 5.37 Å². The van der Waals surface area contributed by atoms with E-state index in [1.165, 1.54) is 11.3 Å². The van der Waals surface area contributed by atoms with E-state index in [4.69, 9.17) is 14.2 Å². The molecule has 9 nitrogen and oxygen atoms in total. The molecule has 1 atom stereocenters. The Morgan fingerprint density at radius 2 is 1.67 bits per heavy atom. The molecule has 1 rings (SSSR count). The lowest BCUT2D eigenvalue weighted by Gasteiger charge is -2.24. The van der Waals surface area contributed by atoms with Gasteiger partial charge in [0.05, 0.1) is 33.0 Å². The molecule has 188 valence electrons. The van der Waals surface area contributed by atoms with Gasteiger partial charge in [-0.15, -0.1) is 24.0 Å². The molecule has 0 unspecified atom stereocenters. The van der Waals surface area contributed by atoms with E-state index in [2.05, 4.69) is 28.6 Å². The third-order valence-corrected chi connectivity index (χ3v) is 5.98. The third-order valence-electron chi connectivity index (χ3n) is 4.47. The Bertz CT molecular complexity index is 700. The standard InChI is InChI=1S/C22H37N3O6S2/c1-22(2,15-20(28)23-8-9-30-12-13-31-11-10-29-3)16-24-18(26)6-7-19(27)25-21(32)17-5-4-14-33-17/h4-5,14,21,32H,6-13,15-16H2,1-3H3,(H,23,28)(H,24,26)(H,25,27)/t21-/m0/s1. The fraction of sp³-hybridized carbons (Fsp3) is 0.682. The lowest BCUT2D eigenvalue weighted by atomic mass is 9.89. The van der Waals surface area contributed by atoms with Crippen LogP contribution in [-0.4, -0.2) is 71.0 Å². The molecule has 3 N–H and O–H groups in total. The van der Waals surface area contributed by atoms with Crippen molar-refractivity contribution in [2.24, 2.45) is 5.41 Å². The Hall–Kier alpha value is -1.66. The van der Waals surface area contributed by atoms with Gasteiger partial charge in [-0.05, 0) is 16.9 Å². The van der Waals surface area contributed by atoms with Gasteiger partial charge in [0.2, 0.25) is 17.7 Å². The van der Waals surface area contributed by atoms with Crippen LogP contribution in [0.5, 0.6) is 0 Å². The molecule has 0 radical (unpaired) electrons. The van der Waals surface area contributed by atoms with Crippen molar-refractivity contribution < 1.29 is 28.6 Å². The van der Waals surface area contributed by atoms with Crippen molar-refractivity contribution in [1.29, 1.82) is 0 Å². The zero-order chi connectivity index (χ0) is 24.5. The molecule has 0 bridgehead atoms. The Morgan fingerprint density at radius 3 is 2.33 bits per heavy atom. The van der Waals surface area contributed by atoms with Crippen molar-refractivity contribution in [3.63, 3.8) is 0 Å². The maximum absolute atomic E-state index is 12.1. The summed E-state index contributed by atoms with van der Waals surface area (Å²) >= 11 is 5.86. The predicted octanol–water partition coefficient (Wildman–Crippen LogP) is 1.90. The lowest BCUT2D eigenvalue weighted by Crippen LogP contribution is -2.38. The molecule has 0 aliphatic rings. The molecule has 3 amide bonds. The van der Waals surface area contributed by atoms with Gasteiger partial charge in [-0.1, -0.05) is 19.9 Å². The van der Waals surface area contributed by atoms with Crippen LogP contribution in [0.25, 0.3) is 0 Å². The number of hydrogen-bond donors (Lipinski definition) is 4. The van der Waals surface area contributed by atoms with Crippen molar-refractivity contribution in [2.75, 3.05) is 53.2 Å². The number of carbonyl (C=O) groups excluding carboxylic acids is 3. The summed E-state index contributed by atoms with van der Waals surface area (Å²) in [6.45, 7) is 6.97. The highest BCUT2D eigenvalue weighted by Crippen LogP contribution is 2.22. The number of hydrogen-bond acceptors (Lipinski definition) is 8. The summed E-state index contributed by atoms with van der Waals surface area (Å²) in [4.78, 5) is 37.2. The molecule has 0 saturated heterocycles. The van der Waals surface area contributed by atoms with E-state index >= 15 is 0 Å². The van der Waals surface area contributed by atoms with Gasteiger partial charge in [0, 0.05) is 44.3 Å². The van der Waals surface area contributed by atoms with E-state index in [1.807, 2.05) is 31.4 Å². The summed E-state index contributed by atoms with van der Waals surface area (Å²) in [5.41, 5.74) is -0.423. The van der Waals surface area contributed by atoms with Gasteiger partial charge >= 0.3 is 0 Å². The molecule has 0 aliphatic heterocycles. The predicted molar refractivity (Wildman–Crippen MR) is 131 cm³/mol. The monoisotopic (exact) mass is 503 g/mol. The highest BCUT2D eigenvalue weighted by Gasteiger charge is 2.23. The number of rotatable bonds is 18. The first-order valence-corrected chi connectivity index (χ1v) is 12.3. The Morgan fingerprint density at radius 1 is 1.00 bits per heavy atom. The fourth-order valence-electron chi connectivity index (χ4n) is 2.68. The lowest BCUT2D eigenvalue weighted by molar-refractivity contribution is -0.127. The van der Waals surface area contributed by atoms with Crippen LogP contribution in [0.4, 0.5) is 0 Å². The molecule has 0 aliphatic carbocycles. The topological polar surface area (TPSA) is 115 Å². The second-order valence-corrected chi connectivity index (χ2v) is 9.67. The molecule has 0 spiro atoms. The summed E-state index contributed by atoms with van der Waals surface area (Å²) in [5.74, 6) is -0.575. The van der Waals surface area contributed by atoms with Crippen LogP contribution in [0.3, 0.4) is 0 Å². The van der Waals surface area contributed by atoms with Crippen molar-refractivity contribution >= 4 is 41.7 Å². The van der Waals surface area contributed by atoms with Crippen LogP contribution >= 0.6 is 24.0 Å². The minimum atomic E-state index is -0.423. The van der Waals surface area contributed by atoms with Crippen LogP contribution in [0, 0.1) is 5.41 Å². The molecule has 33 heavy (non-hydrogen) atoms. The third kappa shape index (κ3) is 15.0. The van der Waals surface area contributed by atoms with Gasteiger partial charge in [-0.2, -0.15) is 0 Å². The summed E-state index contributed by atoms with van der Waals surface area (Å²) < 4.78 is 15.5. The van der Waals surface area contributed by atoms with Crippen LogP contribution in [0.1, 0.15) is 43.4 Å². The van der Waals surface area contributed by atoms with Crippen molar-refractivity contribution in [3.05, 3.63) is 22.4 Å². The summed E-state index contributed by atoms with van der Waals surface area (Å²) in [6, 6.07) is 3.78. The van der Waals surface area contributed by atoms with Crippen molar-refractivity contribution in [2.45, 2.75) is 38.5 Å². The first-order chi connectivity index (χ1) is 15.7. The van der Waals surface area contributed by atoms with E-state index in [0.717, 1.165) is 4.88 Å². The number of amides is 3. The highest BCUT2D eigenvalue weighted by atomic mass is 32.1. The van der Waals surface area contributed by atoms with Gasteiger partial charge in [0.25, 0.3) is 0 Å². The number of carbonyl (C=O) groups is 3. The Kier molecular flexibility index (Phi) is 15.0. The molecule has 0 aromatic carbocycles. The van der Waals surface area contributed by atoms with Gasteiger partial charge in [-0.3, -0.25) is 14.4 Å². The fourth-order valence-corrected chi connectivity index (χ4v) is 3.75. The normalized spacial score (nSPS) is 12.2. The highest BCUT2D eigenvalue weighted by molar-refractivity contribution is 7.80. The molecule has 11 heteroatoms. The zero-order valence-corrected chi connectivity index (χ0v) is 21.4. The summed E-state index contributed by atoms with van der Waals surface area (Å²) in [7, 11) is 1.62. The SMILES string of the molecule is COCCOCCOCCNC(=O)CC(C)(C)CNC(=O)CCC(=O)N[C@@H](S)c1cccs1. The van der Waals surface area contributed by atoms with E-state index in [9.17, 15) is 14.4 Å². The van der Waals surface area contributed by atoms with E-state index in [1.54, 1.807) is 7.11 Å². The molecule has 0 saturated carbocycles. The first-order valence-electron chi connectivity index (χ1n) is 10.9. The number of nitrogens with one attached hydrogen (secondary N) is 3. The minimum absolute atomic E-state index is 0.0750. The van der Waals surface area contributed by atoms with Gasteiger partial charge in [-0.25, -0.2) is 0 Å². The van der Waals surface area contributed by atoms with E-state index < -0.39 is 5.41 Å². The van der Waals surface area contributed by atoms with Crippen LogP contribution in [-0.2, 0) is 28.6 Å². The molecule has 1 aromatic rings. The Balaban J connectivity index is 2.12. The zero-order valence-electron chi connectivity index (χ0n) is 19.7. The quantitative estimate of drug-likeness (QED) is 0.138. The smallest absolute Gasteiger partial charge is 0.221 e. The number of ether oxygens (including phenoxy) is 3. The molecule has 1 aromatic heterocycles. The van der Waals surface area contributed by atoms with Gasteiger partial charge in [0.15, 0.2) is 0 Å². The van der Waals surface area contributed by atoms with Crippen molar-refractivity contribution in [3.8, 4) is 0 Å². The second kappa shape index (κ2) is 16.9. The van der Waals surface area contributed by atoms with Crippen LogP contribution in [0.2, 0.25) is 0 Å². The number of thiol groups is 1. The Labute approximate surface area is 205 Å².